The Labute approximate surface area is 367 Å². The molecule has 9 atom stereocenters. The largest absolute Gasteiger partial charge is 0.378 e. The zero-order chi connectivity index (χ0) is 43.4. The first-order chi connectivity index (χ1) is 30.3. The molecule has 0 N–H and O–H groups in total. The number of hydrogen-bond donors (Lipinski definition) is 0. The van der Waals surface area contributed by atoms with Crippen LogP contribution in [0.2, 0.25) is 0 Å². The van der Waals surface area contributed by atoms with Crippen molar-refractivity contribution in [2.75, 3.05) is 46.1 Å². The van der Waals surface area contributed by atoms with Crippen molar-refractivity contribution in [2.24, 2.45) is 49.8 Å². The molecule has 0 saturated heterocycles. The van der Waals surface area contributed by atoms with Gasteiger partial charge in [0.05, 0.1) is 38.1 Å². The molecule has 4 fully saturated rings. The highest BCUT2D eigenvalue weighted by Gasteiger charge is 2.67. The summed E-state index contributed by atoms with van der Waals surface area (Å²) in [6.45, 7) is 10.0. The van der Waals surface area contributed by atoms with E-state index in [4.69, 9.17) is 35.5 Å². The third kappa shape index (κ3) is 9.36. The van der Waals surface area contributed by atoms with E-state index < -0.39 is 5.60 Å². The Morgan fingerprint density at radius 2 is 1.23 bits per heavy atom. The van der Waals surface area contributed by atoms with Crippen LogP contribution in [0.4, 0.5) is 0 Å². The quantitative estimate of drug-likeness (QED) is 0.0340. The van der Waals surface area contributed by atoms with E-state index in [0.717, 1.165) is 74.5 Å². The van der Waals surface area contributed by atoms with E-state index in [1.165, 1.54) is 11.8 Å². The second-order valence-electron chi connectivity index (χ2n) is 18.2. The highest BCUT2D eigenvalue weighted by Crippen LogP contribution is 2.70. The molecule has 4 saturated carbocycles. The molecule has 13 heteroatoms. The summed E-state index contributed by atoms with van der Waals surface area (Å²) >= 11 is 0. The summed E-state index contributed by atoms with van der Waals surface area (Å²) in [5.41, 5.74) is 29.3. The van der Waals surface area contributed by atoms with Gasteiger partial charge in [-0.1, -0.05) is 127 Å². The minimum atomic E-state index is -0.755. The molecular formula is C49H63N9O4. The van der Waals surface area contributed by atoms with Gasteiger partial charge in [-0.3, -0.25) is 0 Å². The normalized spacial score (nSPS) is 28.9. The van der Waals surface area contributed by atoms with Gasteiger partial charge < -0.3 is 18.9 Å². The van der Waals surface area contributed by atoms with Crippen molar-refractivity contribution < 1.29 is 18.9 Å². The molecule has 4 aliphatic rings. The molecule has 0 spiro atoms. The monoisotopic (exact) mass is 842 g/mol. The SMILES string of the molecule is C[C@H](CCCOC(c1ccccc1)(c1ccccc1)c1ccccc1)[C@H]1CC[C@H]2[C]3[C@H](OCCN=[N+]=[N-])C[C]4C[C@@H](OCCN=[N+]=[N-])CC[C@]4(C)[C@H]3C[C@H](OCCN=[N+]=[N-])[C@]12C. The van der Waals surface area contributed by atoms with Crippen LogP contribution in [0.3, 0.4) is 0 Å². The maximum absolute atomic E-state index is 9.13. The summed E-state index contributed by atoms with van der Waals surface area (Å²) in [5, 5.41) is 11.3. The van der Waals surface area contributed by atoms with Crippen LogP contribution in [0, 0.1) is 46.3 Å². The van der Waals surface area contributed by atoms with Gasteiger partial charge in [0.25, 0.3) is 0 Å². The van der Waals surface area contributed by atoms with Crippen LogP contribution in [0.1, 0.15) is 95.2 Å². The molecule has 4 aliphatic carbocycles. The molecule has 0 amide bonds. The zero-order valence-electron chi connectivity index (χ0n) is 36.7. The first-order valence-corrected chi connectivity index (χ1v) is 22.7. The number of nitrogens with zero attached hydrogens (tertiary/aromatic N) is 9. The number of ether oxygens (including phenoxy) is 4. The average Bonchev–Trinajstić information content (AvgIpc) is 3.67. The number of benzene rings is 3. The predicted molar refractivity (Wildman–Crippen MR) is 240 cm³/mol. The van der Waals surface area contributed by atoms with Crippen LogP contribution in [-0.2, 0) is 24.5 Å². The van der Waals surface area contributed by atoms with Gasteiger partial charge in [0.2, 0.25) is 0 Å². The van der Waals surface area contributed by atoms with Crippen LogP contribution in [-0.4, -0.2) is 64.4 Å². The van der Waals surface area contributed by atoms with Gasteiger partial charge >= 0.3 is 0 Å². The van der Waals surface area contributed by atoms with Gasteiger partial charge in [-0.05, 0) is 126 Å². The van der Waals surface area contributed by atoms with Gasteiger partial charge in [-0.2, -0.15) is 0 Å². The van der Waals surface area contributed by atoms with Crippen molar-refractivity contribution >= 4 is 0 Å². The van der Waals surface area contributed by atoms with Crippen LogP contribution >= 0.6 is 0 Å². The van der Waals surface area contributed by atoms with Crippen LogP contribution < -0.4 is 0 Å². The molecule has 0 aliphatic heterocycles. The minimum absolute atomic E-state index is 0.0268. The number of rotatable bonds is 21. The van der Waals surface area contributed by atoms with Crippen molar-refractivity contribution in [3.8, 4) is 0 Å². The number of fused-ring (bicyclic) bond motifs is 5. The Morgan fingerprint density at radius 3 is 1.79 bits per heavy atom. The van der Waals surface area contributed by atoms with E-state index in [2.05, 4.69) is 142 Å². The second kappa shape index (κ2) is 21.2. The molecule has 13 nitrogen and oxygen atoms in total. The van der Waals surface area contributed by atoms with Gasteiger partial charge in [0, 0.05) is 52.3 Å². The molecular weight excluding hydrogens is 779 g/mol. The first kappa shape index (κ1) is 45.5. The molecule has 0 heterocycles. The standard InChI is InChI=1S/C49H63N9O4/c1-35(14-13-28-62-49(36-15-7-4-8-16-36,37-17-9-5-10-18-37)38-19-11-6-12-20-38)41-21-22-42-46-43(34-45(48(41,42)3)61-31-27-55-58-52)47(2)24-23-40(59-29-25-53-56-50)32-39(47)33-44(46)60-30-26-54-57-51/h4-12,15-20,35,40-45H,13-14,21-34H2,1-3H3/t35-,40+,41-,42+,43+,44-,45+,47+,48-/m1/s1. The van der Waals surface area contributed by atoms with Gasteiger partial charge in [-0.25, -0.2) is 0 Å². The topological polar surface area (TPSA) is 183 Å². The third-order valence-corrected chi connectivity index (χ3v) is 15.2. The molecule has 2 radical (unpaired) electrons. The summed E-state index contributed by atoms with van der Waals surface area (Å²) < 4.78 is 27.2. The van der Waals surface area contributed by atoms with Crippen molar-refractivity contribution in [3.63, 3.8) is 0 Å². The van der Waals surface area contributed by atoms with Crippen molar-refractivity contribution in [1.29, 1.82) is 0 Å². The summed E-state index contributed by atoms with van der Waals surface area (Å²) in [4.78, 5) is 8.91. The zero-order valence-corrected chi connectivity index (χ0v) is 36.7. The fourth-order valence-electron chi connectivity index (χ4n) is 12.4. The molecule has 0 unspecified atom stereocenters. The maximum atomic E-state index is 9.13. The summed E-state index contributed by atoms with van der Waals surface area (Å²) in [6, 6.07) is 31.8. The lowest BCUT2D eigenvalue weighted by atomic mass is 9.43. The highest BCUT2D eigenvalue weighted by molar-refractivity contribution is 5.47. The lowest BCUT2D eigenvalue weighted by Gasteiger charge is -2.64. The Balaban J connectivity index is 1.13. The summed E-state index contributed by atoms with van der Waals surface area (Å²) in [6.07, 6.45) is 8.51. The van der Waals surface area contributed by atoms with Crippen LogP contribution in [0.15, 0.2) is 106 Å². The van der Waals surface area contributed by atoms with Gasteiger partial charge in [-0.15, -0.1) is 0 Å². The van der Waals surface area contributed by atoms with E-state index in [0.29, 0.717) is 51.4 Å². The Kier molecular flexibility index (Phi) is 15.5. The molecule has 62 heavy (non-hydrogen) atoms. The van der Waals surface area contributed by atoms with Crippen LogP contribution in [0.5, 0.6) is 0 Å². The van der Waals surface area contributed by atoms with E-state index in [-0.39, 0.29) is 47.5 Å². The summed E-state index contributed by atoms with van der Waals surface area (Å²) in [5.74, 6) is 4.33. The second-order valence-corrected chi connectivity index (χ2v) is 18.2. The van der Waals surface area contributed by atoms with Crippen LogP contribution in [0.25, 0.3) is 31.3 Å². The fraction of sp³-hybridized carbons (Fsp3) is 0.592. The van der Waals surface area contributed by atoms with E-state index in [9.17, 15) is 0 Å². The lowest BCUT2D eigenvalue weighted by molar-refractivity contribution is -0.151. The molecule has 3 aromatic rings. The predicted octanol–water partition coefficient (Wildman–Crippen LogP) is 12.3. The Morgan fingerprint density at radius 1 is 0.677 bits per heavy atom. The maximum Gasteiger partial charge on any atom is 0.143 e. The third-order valence-electron chi connectivity index (χ3n) is 15.2. The highest BCUT2D eigenvalue weighted by atomic mass is 16.5. The molecule has 7 rings (SSSR count). The van der Waals surface area contributed by atoms with E-state index in [1.54, 1.807) is 0 Å². The average molecular weight is 842 g/mol. The first-order valence-electron chi connectivity index (χ1n) is 22.7. The van der Waals surface area contributed by atoms with E-state index >= 15 is 0 Å². The Hall–Kier alpha value is -4.57. The van der Waals surface area contributed by atoms with Gasteiger partial charge in [0.1, 0.15) is 5.60 Å². The lowest BCUT2D eigenvalue weighted by Crippen LogP contribution is -2.62. The minimum Gasteiger partial charge on any atom is -0.378 e. The molecule has 0 bridgehead atoms. The smallest absolute Gasteiger partial charge is 0.143 e. The van der Waals surface area contributed by atoms with E-state index in [1.807, 2.05) is 0 Å². The molecule has 3 aromatic carbocycles. The number of azide groups is 3. The van der Waals surface area contributed by atoms with Gasteiger partial charge in [0.15, 0.2) is 0 Å². The van der Waals surface area contributed by atoms with Crippen molar-refractivity contribution in [1.82, 2.24) is 0 Å². The Bertz CT molecular complexity index is 1930. The number of hydrogen-bond acceptors (Lipinski definition) is 7. The fourth-order valence-corrected chi connectivity index (χ4v) is 12.4. The van der Waals surface area contributed by atoms with Crippen molar-refractivity contribution in [2.45, 2.75) is 102 Å². The summed E-state index contributed by atoms with van der Waals surface area (Å²) in [7, 11) is 0. The molecule has 328 valence electrons. The van der Waals surface area contributed by atoms with Crippen molar-refractivity contribution in [3.05, 3.63) is 151 Å². The molecule has 0 aromatic heterocycles.